The summed E-state index contributed by atoms with van der Waals surface area (Å²) in [6, 6.07) is 16.0. The molecule has 2 aromatic heterocycles. The molecule has 6 nitrogen and oxygen atoms in total. The highest BCUT2D eigenvalue weighted by Crippen LogP contribution is 2.35. The number of hydrogen-bond donors (Lipinski definition) is 2. The Bertz CT molecular complexity index is 1360. The van der Waals surface area contributed by atoms with Crippen LogP contribution in [0.3, 0.4) is 0 Å². The number of para-hydroxylation sites is 1. The van der Waals surface area contributed by atoms with Gasteiger partial charge in [-0.1, -0.05) is 55.0 Å². The highest BCUT2D eigenvalue weighted by molar-refractivity contribution is 7.19. The number of carbonyl (C=O) groups excluding carboxylic acids is 1. The van der Waals surface area contributed by atoms with E-state index in [1.807, 2.05) is 74.3 Å². The van der Waals surface area contributed by atoms with E-state index in [1.165, 1.54) is 16.9 Å². The minimum atomic E-state index is -0.148. The Morgan fingerprint density at radius 1 is 1.12 bits per heavy atom. The first kappa shape index (κ1) is 22.9. The Morgan fingerprint density at radius 3 is 2.58 bits per heavy atom. The SMILES string of the molecule is CCc1ccccc1NC(=O)CN(C)Cc1nc2sc(C)c(-c3ccc(C)cc3)c2c(=O)[nH]1. The molecule has 2 aromatic carbocycles. The van der Waals surface area contributed by atoms with Crippen molar-refractivity contribution >= 4 is 33.1 Å². The lowest BCUT2D eigenvalue weighted by Crippen LogP contribution is -2.31. The van der Waals surface area contributed by atoms with Crippen LogP contribution >= 0.6 is 11.3 Å². The molecule has 7 heteroatoms. The van der Waals surface area contributed by atoms with Crippen molar-refractivity contribution in [1.29, 1.82) is 0 Å². The minimum Gasteiger partial charge on any atom is -0.325 e. The van der Waals surface area contributed by atoms with Gasteiger partial charge in [-0.25, -0.2) is 4.98 Å². The van der Waals surface area contributed by atoms with Crippen LogP contribution < -0.4 is 10.9 Å². The smallest absolute Gasteiger partial charge is 0.260 e. The number of carbonyl (C=O) groups is 1. The van der Waals surface area contributed by atoms with E-state index in [-0.39, 0.29) is 18.0 Å². The summed E-state index contributed by atoms with van der Waals surface area (Å²) in [6.45, 7) is 6.68. The highest BCUT2D eigenvalue weighted by Gasteiger charge is 2.17. The molecule has 0 aliphatic carbocycles. The van der Waals surface area contributed by atoms with Gasteiger partial charge in [0, 0.05) is 16.1 Å². The third-order valence-corrected chi connectivity index (χ3v) is 6.63. The van der Waals surface area contributed by atoms with Crippen LogP contribution in [0.2, 0.25) is 0 Å². The Balaban J connectivity index is 1.51. The molecule has 0 spiro atoms. The quantitative estimate of drug-likeness (QED) is 0.411. The molecule has 0 saturated carbocycles. The molecule has 0 aliphatic heterocycles. The third kappa shape index (κ3) is 5.05. The molecule has 0 aliphatic rings. The molecule has 0 fully saturated rings. The summed E-state index contributed by atoms with van der Waals surface area (Å²) >= 11 is 1.52. The van der Waals surface area contributed by atoms with Crippen molar-refractivity contribution in [3.63, 3.8) is 0 Å². The van der Waals surface area contributed by atoms with Crippen LogP contribution in [0.1, 0.15) is 28.8 Å². The molecule has 0 unspecified atom stereocenters. The number of likely N-dealkylation sites (N-methyl/N-ethyl adjacent to an activating group) is 1. The van der Waals surface area contributed by atoms with Crippen molar-refractivity contribution in [1.82, 2.24) is 14.9 Å². The number of rotatable bonds is 7. The van der Waals surface area contributed by atoms with Crippen LogP contribution in [0, 0.1) is 13.8 Å². The number of amides is 1. The first-order valence-corrected chi connectivity index (χ1v) is 11.8. The van der Waals surface area contributed by atoms with Crippen molar-refractivity contribution in [2.75, 3.05) is 18.9 Å². The van der Waals surface area contributed by atoms with Crippen LogP contribution in [0.25, 0.3) is 21.3 Å². The zero-order valence-electron chi connectivity index (χ0n) is 19.4. The van der Waals surface area contributed by atoms with Crippen LogP contribution in [0.4, 0.5) is 5.69 Å². The number of hydrogen-bond acceptors (Lipinski definition) is 5. The number of H-pyrrole nitrogens is 1. The van der Waals surface area contributed by atoms with Gasteiger partial charge in [0.05, 0.1) is 18.5 Å². The maximum absolute atomic E-state index is 13.0. The number of benzene rings is 2. The Hall–Kier alpha value is -3.29. The number of aromatic amines is 1. The van der Waals surface area contributed by atoms with Gasteiger partial charge in [0.1, 0.15) is 10.7 Å². The first-order valence-electron chi connectivity index (χ1n) is 11.0. The standard InChI is InChI=1S/C26H28N4O2S/c1-5-18-8-6-7-9-20(18)27-22(31)15-30(4)14-21-28-25(32)24-23(17(3)33-26(24)29-21)19-12-10-16(2)11-13-19/h6-13H,5,14-15H2,1-4H3,(H,27,31)(H,28,29,32). The summed E-state index contributed by atoms with van der Waals surface area (Å²) in [4.78, 5) is 36.8. The molecule has 0 saturated heterocycles. The molecule has 4 rings (SSSR count). The summed E-state index contributed by atoms with van der Waals surface area (Å²) in [5.41, 5.74) is 4.93. The van der Waals surface area contributed by atoms with Gasteiger partial charge in [-0.3, -0.25) is 14.5 Å². The fraction of sp³-hybridized carbons (Fsp3) is 0.269. The van der Waals surface area contributed by atoms with Crippen molar-refractivity contribution < 1.29 is 4.79 Å². The van der Waals surface area contributed by atoms with E-state index >= 15 is 0 Å². The van der Waals surface area contributed by atoms with Crippen molar-refractivity contribution in [3.8, 4) is 11.1 Å². The largest absolute Gasteiger partial charge is 0.325 e. The van der Waals surface area contributed by atoms with Crippen LogP contribution in [0.5, 0.6) is 0 Å². The van der Waals surface area contributed by atoms with Gasteiger partial charge in [-0.05, 0) is 44.5 Å². The fourth-order valence-corrected chi connectivity index (χ4v) is 5.07. The molecular formula is C26H28N4O2S. The Labute approximate surface area is 197 Å². The number of aryl methyl sites for hydroxylation is 3. The highest BCUT2D eigenvalue weighted by atomic mass is 32.1. The number of anilines is 1. The van der Waals surface area contributed by atoms with Gasteiger partial charge in [0.15, 0.2) is 0 Å². The lowest BCUT2D eigenvalue weighted by molar-refractivity contribution is -0.117. The number of nitrogens with one attached hydrogen (secondary N) is 2. The fourth-order valence-electron chi connectivity index (χ4n) is 4.00. The van der Waals surface area contributed by atoms with E-state index in [2.05, 4.69) is 17.2 Å². The van der Waals surface area contributed by atoms with E-state index in [4.69, 9.17) is 4.98 Å². The number of fused-ring (bicyclic) bond motifs is 1. The maximum atomic E-state index is 13.0. The molecule has 170 valence electrons. The summed E-state index contributed by atoms with van der Waals surface area (Å²) < 4.78 is 0. The van der Waals surface area contributed by atoms with Crippen molar-refractivity contribution in [2.45, 2.75) is 33.7 Å². The van der Waals surface area contributed by atoms with E-state index in [9.17, 15) is 9.59 Å². The predicted molar refractivity (Wildman–Crippen MR) is 136 cm³/mol. The zero-order chi connectivity index (χ0) is 23.5. The number of nitrogens with zero attached hydrogens (tertiary/aromatic N) is 2. The van der Waals surface area contributed by atoms with Gasteiger partial charge in [0.25, 0.3) is 5.56 Å². The van der Waals surface area contributed by atoms with Gasteiger partial charge in [-0.15, -0.1) is 11.3 Å². The average molecular weight is 461 g/mol. The average Bonchev–Trinajstić information content (AvgIpc) is 3.10. The molecular weight excluding hydrogens is 432 g/mol. The lowest BCUT2D eigenvalue weighted by atomic mass is 10.0. The Morgan fingerprint density at radius 2 is 1.85 bits per heavy atom. The van der Waals surface area contributed by atoms with Crippen LogP contribution in [-0.4, -0.2) is 34.4 Å². The van der Waals surface area contributed by atoms with Crippen molar-refractivity contribution in [2.24, 2.45) is 0 Å². The molecule has 1 amide bonds. The zero-order valence-corrected chi connectivity index (χ0v) is 20.2. The summed E-state index contributed by atoms with van der Waals surface area (Å²) in [5.74, 6) is 0.448. The predicted octanol–water partition coefficient (Wildman–Crippen LogP) is 4.90. The second-order valence-electron chi connectivity index (χ2n) is 8.32. The molecule has 0 atom stereocenters. The van der Waals surface area contributed by atoms with Gasteiger partial charge in [0.2, 0.25) is 5.91 Å². The monoisotopic (exact) mass is 460 g/mol. The molecule has 33 heavy (non-hydrogen) atoms. The van der Waals surface area contributed by atoms with E-state index in [0.717, 1.165) is 38.5 Å². The lowest BCUT2D eigenvalue weighted by Gasteiger charge is -2.16. The first-order chi connectivity index (χ1) is 15.9. The van der Waals surface area contributed by atoms with Crippen LogP contribution in [-0.2, 0) is 17.8 Å². The van der Waals surface area contributed by atoms with Crippen LogP contribution in [0.15, 0.2) is 53.3 Å². The molecule has 0 bridgehead atoms. The van der Waals surface area contributed by atoms with E-state index < -0.39 is 0 Å². The normalized spacial score (nSPS) is 11.3. The second kappa shape index (κ2) is 9.68. The molecule has 2 heterocycles. The second-order valence-corrected chi connectivity index (χ2v) is 9.53. The van der Waals surface area contributed by atoms with Gasteiger partial charge in [-0.2, -0.15) is 0 Å². The number of aromatic nitrogens is 2. The topological polar surface area (TPSA) is 78.1 Å². The van der Waals surface area contributed by atoms with Crippen molar-refractivity contribution in [3.05, 3.63) is 80.7 Å². The third-order valence-electron chi connectivity index (χ3n) is 5.63. The minimum absolute atomic E-state index is 0.101. The maximum Gasteiger partial charge on any atom is 0.260 e. The molecule has 2 N–H and O–H groups in total. The molecule has 0 radical (unpaired) electrons. The number of thiophene rings is 1. The summed E-state index contributed by atoms with van der Waals surface area (Å²) in [6.07, 6.45) is 0.849. The Kier molecular flexibility index (Phi) is 6.72. The van der Waals surface area contributed by atoms with E-state index in [1.54, 1.807) is 0 Å². The van der Waals surface area contributed by atoms with Gasteiger partial charge >= 0.3 is 0 Å². The summed E-state index contributed by atoms with van der Waals surface area (Å²) in [5, 5.41) is 3.61. The van der Waals surface area contributed by atoms with Gasteiger partial charge < -0.3 is 10.3 Å². The van der Waals surface area contributed by atoms with E-state index in [0.29, 0.717) is 17.8 Å². The summed E-state index contributed by atoms with van der Waals surface area (Å²) in [7, 11) is 1.84. The molecule has 4 aromatic rings.